The van der Waals surface area contributed by atoms with Crippen LogP contribution in [0.25, 0.3) is 0 Å². The van der Waals surface area contributed by atoms with E-state index in [9.17, 15) is 4.79 Å². The molecule has 1 aliphatic heterocycles. The molecule has 106 valence electrons. The van der Waals surface area contributed by atoms with Gasteiger partial charge < -0.3 is 15.8 Å². The van der Waals surface area contributed by atoms with Gasteiger partial charge in [-0.15, -0.1) is 0 Å². The van der Waals surface area contributed by atoms with Gasteiger partial charge in [-0.25, -0.2) is 0 Å². The Labute approximate surface area is 111 Å². The number of nitrogens with one attached hydrogen (secondary N) is 1. The summed E-state index contributed by atoms with van der Waals surface area (Å²) in [6.07, 6.45) is 4.35. The first-order valence-electron chi connectivity index (χ1n) is 7.02. The van der Waals surface area contributed by atoms with Gasteiger partial charge in [-0.2, -0.15) is 0 Å². The first kappa shape index (κ1) is 15.4. The van der Waals surface area contributed by atoms with E-state index in [1.54, 1.807) is 0 Å². The van der Waals surface area contributed by atoms with Gasteiger partial charge in [0.2, 0.25) is 5.91 Å². The molecule has 1 fully saturated rings. The number of hydrogen-bond donors (Lipinski definition) is 2. The van der Waals surface area contributed by atoms with E-state index in [-0.39, 0.29) is 17.2 Å². The normalized spacial score (nSPS) is 21.9. The van der Waals surface area contributed by atoms with E-state index in [2.05, 4.69) is 26.1 Å². The Bertz CT molecular complexity index is 255. The SMILES string of the molecule is CC(C)(C)CC(CN)C(=O)NCCC1CCCO1. The molecule has 0 spiro atoms. The van der Waals surface area contributed by atoms with E-state index in [1.807, 2.05) is 0 Å². The highest BCUT2D eigenvalue weighted by Crippen LogP contribution is 2.24. The quantitative estimate of drug-likeness (QED) is 0.760. The van der Waals surface area contributed by atoms with Gasteiger partial charge in [-0.3, -0.25) is 4.79 Å². The lowest BCUT2D eigenvalue weighted by atomic mass is 9.84. The summed E-state index contributed by atoms with van der Waals surface area (Å²) in [5.41, 5.74) is 5.82. The van der Waals surface area contributed by atoms with Gasteiger partial charge in [0.1, 0.15) is 0 Å². The third-order valence-corrected chi connectivity index (χ3v) is 3.30. The van der Waals surface area contributed by atoms with Crippen molar-refractivity contribution < 1.29 is 9.53 Å². The van der Waals surface area contributed by atoms with Crippen LogP contribution in [0.5, 0.6) is 0 Å². The highest BCUT2D eigenvalue weighted by atomic mass is 16.5. The Hall–Kier alpha value is -0.610. The minimum atomic E-state index is -0.0745. The van der Waals surface area contributed by atoms with Crippen molar-refractivity contribution in [2.45, 2.75) is 52.6 Å². The van der Waals surface area contributed by atoms with Gasteiger partial charge in [-0.1, -0.05) is 20.8 Å². The summed E-state index contributed by atoms with van der Waals surface area (Å²) in [7, 11) is 0. The summed E-state index contributed by atoms with van der Waals surface area (Å²) in [5.74, 6) is 0.0138. The van der Waals surface area contributed by atoms with Gasteiger partial charge in [0.15, 0.2) is 0 Å². The molecule has 2 unspecified atom stereocenters. The molecule has 0 aromatic rings. The lowest BCUT2D eigenvalue weighted by Gasteiger charge is -2.24. The third kappa shape index (κ3) is 5.83. The molecule has 18 heavy (non-hydrogen) atoms. The highest BCUT2D eigenvalue weighted by molar-refractivity contribution is 5.78. The molecule has 0 aromatic heterocycles. The van der Waals surface area contributed by atoms with Crippen LogP contribution >= 0.6 is 0 Å². The van der Waals surface area contributed by atoms with Crippen LogP contribution in [0.1, 0.15) is 46.5 Å². The first-order chi connectivity index (χ1) is 8.42. The summed E-state index contributed by atoms with van der Waals surface area (Å²) in [5, 5.41) is 2.98. The van der Waals surface area contributed by atoms with E-state index in [0.717, 1.165) is 32.3 Å². The number of carbonyl (C=O) groups is 1. The zero-order valence-corrected chi connectivity index (χ0v) is 12.0. The number of carbonyl (C=O) groups excluding carboxylic acids is 1. The van der Waals surface area contributed by atoms with Gasteiger partial charge >= 0.3 is 0 Å². The van der Waals surface area contributed by atoms with Gasteiger partial charge in [0, 0.05) is 19.7 Å². The Morgan fingerprint density at radius 1 is 1.50 bits per heavy atom. The lowest BCUT2D eigenvalue weighted by Crippen LogP contribution is -2.38. The zero-order valence-electron chi connectivity index (χ0n) is 12.0. The zero-order chi connectivity index (χ0) is 13.6. The number of rotatable bonds is 6. The fourth-order valence-corrected chi connectivity index (χ4v) is 2.39. The maximum Gasteiger partial charge on any atom is 0.224 e. The number of nitrogens with two attached hydrogens (primary N) is 1. The topological polar surface area (TPSA) is 64.4 Å². The lowest BCUT2D eigenvalue weighted by molar-refractivity contribution is -0.125. The number of hydrogen-bond acceptors (Lipinski definition) is 3. The van der Waals surface area contributed by atoms with Crippen molar-refractivity contribution in [1.29, 1.82) is 0 Å². The van der Waals surface area contributed by atoms with Crippen molar-refractivity contribution in [2.24, 2.45) is 17.1 Å². The first-order valence-corrected chi connectivity index (χ1v) is 7.02. The molecular formula is C14H28N2O2. The van der Waals surface area contributed by atoms with Crippen LogP contribution in [-0.4, -0.2) is 31.7 Å². The van der Waals surface area contributed by atoms with Crippen LogP contribution in [0.2, 0.25) is 0 Å². The monoisotopic (exact) mass is 256 g/mol. The van der Waals surface area contributed by atoms with Crippen molar-refractivity contribution in [2.75, 3.05) is 19.7 Å². The maximum atomic E-state index is 12.0. The molecule has 0 bridgehead atoms. The predicted octanol–water partition coefficient (Wildman–Crippen LogP) is 1.68. The predicted molar refractivity (Wildman–Crippen MR) is 73.2 cm³/mol. The van der Waals surface area contributed by atoms with Crippen molar-refractivity contribution in [3.63, 3.8) is 0 Å². The van der Waals surface area contributed by atoms with Crippen molar-refractivity contribution >= 4 is 5.91 Å². The van der Waals surface area contributed by atoms with Crippen LogP contribution < -0.4 is 11.1 Å². The average molecular weight is 256 g/mol. The number of ether oxygens (including phenoxy) is 1. The third-order valence-electron chi connectivity index (χ3n) is 3.30. The van der Waals surface area contributed by atoms with Gasteiger partial charge in [0.25, 0.3) is 0 Å². The van der Waals surface area contributed by atoms with E-state index in [1.165, 1.54) is 0 Å². The van der Waals surface area contributed by atoms with E-state index >= 15 is 0 Å². The van der Waals surface area contributed by atoms with Crippen LogP contribution in [0.15, 0.2) is 0 Å². The highest BCUT2D eigenvalue weighted by Gasteiger charge is 2.23. The van der Waals surface area contributed by atoms with Crippen LogP contribution in [-0.2, 0) is 9.53 Å². The molecule has 4 nitrogen and oxygen atoms in total. The largest absolute Gasteiger partial charge is 0.378 e. The maximum absolute atomic E-state index is 12.0. The summed E-state index contributed by atoms with van der Waals surface area (Å²) < 4.78 is 5.53. The Balaban J connectivity index is 2.24. The van der Waals surface area contributed by atoms with Gasteiger partial charge in [0.05, 0.1) is 12.0 Å². The van der Waals surface area contributed by atoms with E-state index < -0.39 is 0 Å². The fraction of sp³-hybridized carbons (Fsp3) is 0.929. The molecule has 4 heteroatoms. The molecule has 0 radical (unpaired) electrons. The summed E-state index contributed by atoms with van der Waals surface area (Å²) in [6, 6.07) is 0. The van der Waals surface area contributed by atoms with Crippen molar-refractivity contribution in [1.82, 2.24) is 5.32 Å². The molecule has 0 aliphatic carbocycles. The molecule has 1 aliphatic rings. The Morgan fingerprint density at radius 2 is 2.22 bits per heavy atom. The summed E-state index contributed by atoms with van der Waals surface area (Å²) >= 11 is 0. The second-order valence-corrected chi connectivity index (χ2v) is 6.41. The van der Waals surface area contributed by atoms with Crippen LogP contribution in [0.4, 0.5) is 0 Å². The van der Waals surface area contributed by atoms with Gasteiger partial charge in [-0.05, 0) is 31.1 Å². The molecule has 0 saturated carbocycles. The van der Waals surface area contributed by atoms with Crippen molar-refractivity contribution in [3.8, 4) is 0 Å². The fourth-order valence-electron chi connectivity index (χ4n) is 2.39. The minimum absolute atomic E-state index is 0.0745. The van der Waals surface area contributed by atoms with Crippen molar-refractivity contribution in [3.05, 3.63) is 0 Å². The second kappa shape index (κ2) is 7.10. The van der Waals surface area contributed by atoms with E-state index in [0.29, 0.717) is 19.2 Å². The molecular weight excluding hydrogens is 228 g/mol. The molecule has 0 aromatic carbocycles. The standard InChI is InChI=1S/C14H28N2O2/c1-14(2,3)9-11(10-15)13(17)16-7-6-12-5-4-8-18-12/h11-12H,4-10,15H2,1-3H3,(H,16,17). The van der Waals surface area contributed by atoms with Crippen LogP contribution in [0, 0.1) is 11.3 Å². The second-order valence-electron chi connectivity index (χ2n) is 6.41. The summed E-state index contributed by atoms with van der Waals surface area (Å²) in [4.78, 5) is 12.0. The Kier molecular flexibility index (Phi) is 6.09. The molecule has 3 N–H and O–H groups in total. The van der Waals surface area contributed by atoms with Crippen LogP contribution in [0.3, 0.4) is 0 Å². The van der Waals surface area contributed by atoms with E-state index in [4.69, 9.17) is 10.5 Å². The summed E-state index contributed by atoms with van der Waals surface area (Å²) in [6.45, 7) is 8.39. The number of amides is 1. The molecule has 2 atom stereocenters. The molecule has 1 heterocycles. The Morgan fingerprint density at radius 3 is 2.72 bits per heavy atom. The molecule has 1 amide bonds. The smallest absolute Gasteiger partial charge is 0.224 e. The average Bonchev–Trinajstić information content (AvgIpc) is 2.77. The molecule has 1 rings (SSSR count). The molecule has 1 saturated heterocycles. The minimum Gasteiger partial charge on any atom is -0.378 e.